The molecule has 7 heteroatoms. The lowest BCUT2D eigenvalue weighted by Gasteiger charge is -2.34. The van der Waals surface area contributed by atoms with E-state index in [1.54, 1.807) is 11.3 Å². The zero-order valence-corrected chi connectivity index (χ0v) is 14.0. The summed E-state index contributed by atoms with van der Waals surface area (Å²) in [5.74, 6) is 0.943. The van der Waals surface area contributed by atoms with Crippen LogP contribution in [-0.2, 0) is 6.42 Å². The van der Waals surface area contributed by atoms with Crippen LogP contribution in [0, 0.1) is 0 Å². The largest absolute Gasteiger partial charge is 0.493 e. The maximum Gasteiger partial charge on any atom is 0.324 e. The van der Waals surface area contributed by atoms with Gasteiger partial charge in [0.1, 0.15) is 5.75 Å². The fraction of sp³-hybridized carbons (Fsp3) is 0.529. The van der Waals surface area contributed by atoms with Gasteiger partial charge in [0.25, 0.3) is 0 Å². The molecule has 4 heterocycles. The van der Waals surface area contributed by atoms with Gasteiger partial charge in [-0.3, -0.25) is 4.90 Å². The number of piperidine rings is 1. The summed E-state index contributed by atoms with van der Waals surface area (Å²) >= 11 is 1.61. The van der Waals surface area contributed by atoms with Crippen LogP contribution in [0.15, 0.2) is 12.1 Å². The third-order valence-electron chi connectivity index (χ3n) is 5.90. The third-order valence-corrected chi connectivity index (χ3v) is 6.92. The summed E-state index contributed by atoms with van der Waals surface area (Å²) in [5, 5.41) is 7.65. The minimum atomic E-state index is -0.00329. The number of anilines is 1. The summed E-state index contributed by atoms with van der Waals surface area (Å²) in [6.45, 7) is 1.57. The first-order chi connectivity index (χ1) is 11.7. The van der Waals surface area contributed by atoms with E-state index >= 15 is 0 Å². The van der Waals surface area contributed by atoms with Crippen LogP contribution in [0.1, 0.15) is 24.8 Å². The van der Waals surface area contributed by atoms with Crippen LogP contribution in [0.2, 0.25) is 0 Å². The molecule has 2 amide bonds. The number of rotatable bonds is 1. The van der Waals surface area contributed by atoms with Crippen molar-refractivity contribution in [3.8, 4) is 5.75 Å². The Bertz CT molecular complexity index is 875. The van der Waals surface area contributed by atoms with Gasteiger partial charge >= 0.3 is 6.03 Å². The number of carbonyl (C=O) groups is 1. The van der Waals surface area contributed by atoms with Gasteiger partial charge < -0.3 is 15.4 Å². The molecule has 6 rings (SSSR count). The van der Waals surface area contributed by atoms with Crippen molar-refractivity contribution in [1.29, 1.82) is 0 Å². The zero-order chi connectivity index (χ0) is 15.9. The van der Waals surface area contributed by atoms with Gasteiger partial charge in [0.15, 0.2) is 5.13 Å². The average Bonchev–Trinajstić information content (AvgIpc) is 2.94. The first-order valence-corrected chi connectivity index (χ1v) is 9.44. The number of nitrogens with zero attached hydrogens (tertiary/aromatic N) is 2. The van der Waals surface area contributed by atoms with Crippen LogP contribution >= 0.6 is 11.3 Å². The topological polar surface area (TPSA) is 66.5 Å². The molecule has 4 aliphatic rings. The Balaban J connectivity index is 1.40. The molecular weight excluding hydrogens is 324 g/mol. The van der Waals surface area contributed by atoms with Gasteiger partial charge in [-0.1, -0.05) is 11.3 Å². The summed E-state index contributed by atoms with van der Waals surface area (Å²) in [6, 6.07) is 4.48. The monoisotopic (exact) mass is 342 g/mol. The lowest BCUT2D eigenvalue weighted by atomic mass is 9.94. The smallest absolute Gasteiger partial charge is 0.324 e. The van der Waals surface area contributed by atoms with E-state index in [2.05, 4.69) is 16.7 Å². The van der Waals surface area contributed by atoms with Gasteiger partial charge in [0.05, 0.1) is 28.9 Å². The Morgan fingerprint density at radius 2 is 2.29 bits per heavy atom. The van der Waals surface area contributed by atoms with Gasteiger partial charge in [-0.05, 0) is 31.4 Å². The molecule has 0 bridgehead atoms. The Hall–Kier alpha value is -1.86. The molecule has 1 aliphatic carbocycles. The number of carbonyl (C=O) groups excluding carboxylic acids is 1. The maximum absolute atomic E-state index is 12.6. The number of ether oxygens (including phenoxy) is 1. The molecule has 1 aromatic heterocycles. The number of aromatic nitrogens is 1. The normalized spacial score (nSPS) is 29.5. The lowest BCUT2D eigenvalue weighted by molar-refractivity contribution is 0.250. The van der Waals surface area contributed by atoms with E-state index in [1.807, 2.05) is 11.0 Å². The van der Waals surface area contributed by atoms with Gasteiger partial charge in [0, 0.05) is 24.1 Å². The number of hydrogen-bond donors (Lipinski definition) is 2. The Morgan fingerprint density at radius 1 is 1.38 bits per heavy atom. The third kappa shape index (κ3) is 1.74. The van der Waals surface area contributed by atoms with Gasteiger partial charge in [-0.2, -0.15) is 0 Å². The highest BCUT2D eigenvalue weighted by Crippen LogP contribution is 2.45. The van der Waals surface area contributed by atoms with E-state index in [9.17, 15) is 4.79 Å². The van der Waals surface area contributed by atoms with E-state index in [0.717, 1.165) is 47.1 Å². The summed E-state index contributed by atoms with van der Waals surface area (Å²) in [5.41, 5.74) is 2.49. The molecule has 2 aromatic rings. The molecule has 24 heavy (non-hydrogen) atoms. The van der Waals surface area contributed by atoms with Gasteiger partial charge in [-0.25, -0.2) is 9.78 Å². The van der Waals surface area contributed by atoms with Crippen molar-refractivity contribution in [1.82, 2.24) is 15.6 Å². The van der Waals surface area contributed by atoms with E-state index in [4.69, 9.17) is 9.72 Å². The first kappa shape index (κ1) is 13.4. The number of hydrogen-bond acceptors (Lipinski definition) is 5. The van der Waals surface area contributed by atoms with Crippen molar-refractivity contribution in [3.63, 3.8) is 0 Å². The molecule has 2 saturated heterocycles. The highest BCUT2D eigenvalue weighted by Gasteiger charge is 2.54. The van der Waals surface area contributed by atoms with Crippen LogP contribution in [0.25, 0.3) is 10.2 Å². The number of benzene rings is 1. The van der Waals surface area contributed by atoms with Crippen LogP contribution < -0.4 is 20.3 Å². The predicted molar refractivity (Wildman–Crippen MR) is 92.0 cm³/mol. The summed E-state index contributed by atoms with van der Waals surface area (Å²) in [7, 11) is 0. The van der Waals surface area contributed by atoms with E-state index in [0.29, 0.717) is 5.54 Å². The molecule has 2 atom stereocenters. The lowest BCUT2D eigenvalue weighted by Crippen LogP contribution is -2.55. The molecule has 124 valence electrons. The molecule has 2 N–H and O–H groups in total. The van der Waals surface area contributed by atoms with Crippen molar-refractivity contribution in [2.45, 2.75) is 43.3 Å². The number of fused-ring (bicyclic) bond motifs is 4. The number of urea groups is 1. The van der Waals surface area contributed by atoms with Crippen molar-refractivity contribution in [3.05, 3.63) is 17.7 Å². The fourth-order valence-electron chi connectivity index (χ4n) is 4.41. The molecule has 3 aliphatic heterocycles. The maximum atomic E-state index is 12.6. The van der Waals surface area contributed by atoms with Crippen molar-refractivity contribution < 1.29 is 9.53 Å². The van der Waals surface area contributed by atoms with Gasteiger partial charge in [0.2, 0.25) is 0 Å². The van der Waals surface area contributed by atoms with Crippen LogP contribution in [0.5, 0.6) is 5.75 Å². The average molecular weight is 342 g/mol. The summed E-state index contributed by atoms with van der Waals surface area (Å²) in [6.07, 6.45) is 4.41. The van der Waals surface area contributed by atoms with Crippen LogP contribution in [0.4, 0.5) is 9.93 Å². The van der Waals surface area contributed by atoms with Crippen molar-refractivity contribution >= 4 is 32.7 Å². The molecular formula is C17H18N4O2S. The molecule has 1 saturated carbocycles. The molecule has 1 spiro atoms. The zero-order valence-electron chi connectivity index (χ0n) is 13.2. The fourth-order valence-corrected chi connectivity index (χ4v) is 5.46. The van der Waals surface area contributed by atoms with Crippen molar-refractivity contribution in [2.75, 3.05) is 18.1 Å². The second-order valence-corrected chi connectivity index (χ2v) is 8.35. The van der Waals surface area contributed by atoms with Crippen molar-refractivity contribution in [2.24, 2.45) is 0 Å². The van der Waals surface area contributed by atoms with E-state index in [1.165, 1.54) is 18.4 Å². The Morgan fingerprint density at radius 3 is 3.17 bits per heavy atom. The molecule has 6 nitrogen and oxygen atoms in total. The predicted octanol–water partition coefficient (Wildman–Crippen LogP) is 2.02. The minimum absolute atomic E-state index is 0.00329. The molecule has 0 radical (unpaired) electrons. The van der Waals surface area contributed by atoms with Crippen LogP contribution in [-0.4, -0.2) is 41.8 Å². The summed E-state index contributed by atoms with van der Waals surface area (Å²) < 4.78 is 6.77. The number of thiazole rings is 1. The SMILES string of the molecule is O=C1N[C@H]2CC3(CC3)NC[C@H]2N1c1nc2c3c(ccc2s1)OCC3. The number of nitrogens with one attached hydrogen (secondary N) is 2. The van der Waals surface area contributed by atoms with Gasteiger partial charge in [-0.15, -0.1) is 0 Å². The standard InChI is InChI=1S/C17H18N4O2S/c22-15-19-10-7-17(4-5-17)18-8-11(10)21(15)16-20-14-9-3-6-23-12(9)1-2-13(14)24-16/h1-2,10-11,18H,3-8H2,(H,19,22)/t10-,11+/m0/s1. The second-order valence-electron chi connectivity index (χ2n) is 7.34. The number of amides is 2. The minimum Gasteiger partial charge on any atom is -0.493 e. The van der Waals surface area contributed by atoms with Crippen LogP contribution in [0.3, 0.4) is 0 Å². The quantitative estimate of drug-likeness (QED) is 0.832. The first-order valence-electron chi connectivity index (χ1n) is 8.62. The molecule has 0 unspecified atom stereocenters. The van der Waals surface area contributed by atoms with E-state index < -0.39 is 0 Å². The molecule has 3 fully saturated rings. The second kappa shape index (κ2) is 4.40. The Kier molecular flexibility index (Phi) is 2.46. The highest BCUT2D eigenvalue weighted by atomic mass is 32.1. The highest BCUT2D eigenvalue weighted by molar-refractivity contribution is 7.22. The Labute approximate surface area is 143 Å². The molecule has 1 aromatic carbocycles. The van der Waals surface area contributed by atoms with E-state index in [-0.39, 0.29) is 18.1 Å². The summed E-state index contributed by atoms with van der Waals surface area (Å²) in [4.78, 5) is 19.3.